The van der Waals surface area contributed by atoms with Crippen LogP contribution in [-0.4, -0.2) is 22.7 Å². The molecule has 3 aromatic carbocycles. The number of rotatable bonds is 9. The number of benzene rings is 3. The number of aromatic nitrogens is 2. The summed E-state index contributed by atoms with van der Waals surface area (Å²) in [5, 5.41) is 7.03. The average molecular weight is 439 g/mol. The largest absolute Gasteiger partial charge is 0.494 e. The van der Waals surface area contributed by atoms with Gasteiger partial charge in [0.25, 0.3) is 5.91 Å². The summed E-state index contributed by atoms with van der Waals surface area (Å²) in [6.45, 7) is 6.76. The van der Waals surface area contributed by atoms with E-state index >= 15 is 0 Å². The number of amides is 1. The number of hydrogen-bond donors (Lipinski definition) is 3. The first kappa shape index (κ1) is 21.9. The van der Waals surface area contributed by atoms with Crippen molar-refractivity contribution in [2.24, 2.45) is 0 Å². The zero-order valence-corrected chi connectivity index (χ0v) is 18.5. The van der Waals surface area contributed by atoms with Gasteiger partial charge in [-0.1, -0.05) is 68.1 Å². The van der Waals surface area contributed by atoms with E-state index in [2.05, 4.69) is 46.7 Å². The Balaban J connectivity index is 1.33. The number of nitrogens with zero attached hydrogens (tertiary/aromatic N) is 1. The zero-order valence-electron chi connectivity index (χ0n) is 18.5. The molecule has 4 aromatic rings. The Bertz CT molecular complexity index is 1210. The maximum Gasteiger partial charge on any atom is 0.287 e. The van der Waals surface area contributed by atoms with Gasteiger partial charge in [0.15, 0.2) is 0 Å². The van der Waals surface area contributed by atoms with Gasteiger partial charge in [-0.15, -0.1) is 0 Å². The lowest BCUT2D eigenvalue weighted by Crippen LogP contribution is -2.36. The Kier molecular flexibility index (Phi) is 6.85. The molecule has 0 saturated heterocycles. The van der Waals surface area contributed by atoms with Gasteiger partial charge in [0.1, 0.15) is 11.4 Å². The highest BCUT2D eigenvalue weighted by atomic mass is 16.5. The summed E-state index contributed by atoms with van der Waals surface area (Å²) < 4.78 is 5.60. The summed E-state index contributed by atoms with van der Waals surface area (Å²) in [4.78, 5) is 12.5. The second-order valence-electron chi connectivity index (χ2n) is 7.54. The van der Waals surface area contributed by atoms with Gasteiger partial charge < -0.3 is 4.74 Å². The number of hydrogen-bond acceptors (Lipinski definition) is 4. The third-order valence-electron chi connectivity index (χ3n) is 5.11. The number of hydrazine groups is 1. The van der Waals surface area contributed by atoms with E-state index < -0.39 is 0 Å². The Morgan fingerprint density at radius 2 is 1.58 bits per heavy atom. The van der Waals surface area contributed by atoms with Crippen LogP contribution in [0.2, 0.25) is 0 Å². The van der Waals surface area contributed by atoms with E-state index in [4.69, 9.17) is 4.74 Å². The first-order valence-electron chi connectivity index (χ1n) is 10.8. The summed E-state index contributed by atoms with van der Waals surface area (Å²) in [5.41, 5.74) is 11.2. The van der Waals surface area contributed by atoms with Crippen molar-refractivity contribution in [2.45, 2.75) is 13.3 Å². The highest BCUT2D eigenvalue weighted by molar-refractivity contribution is 5.93. The second-order valence-corrected chi connectivity index (χ2v) is 7.54. The molecule has 4 rings (SSSR count). The van der Waals surface area contributed by atoms with Gasteiger partial charge in [0, 0.05) is 5.56 Å². The second kappa shape index (κ2) is 10.3. The summed E-state index contributed by atoms with van der Waals surface area (Å²) in [7, 11) is 0. The average Bonchev–Trinajstić information content (AvgIpc) is 3.37. The van der Waals surface area contributed by atoms with Crippen molar-refractivity contribution in [3.05, 3.63) is 103 Å². The maximum absolute atomic E-state index is 12.5. The Hall–Kier alpha value is -4.32. The number of H-pyrrole nitrogens is 1. The molecule has 33 heavy (non-hydrogen) atoms. The number of carbonyl (C=O) groups is 1. The van der Waals surface area contributed by atoms with Crippen molar-refractivity contribution in [2.75, 3.05) is 6.61 Å². The first-order valence-corrected chi connectivity index (χ1v) is 10.8. The molecular weight excluding hydrogens is 412 g/mol. The predicted molar refractivity (Wildman–Crippen MR) is 131 cm³/mol. The summed E-state index contributed by atoms with van der Waals surface area (Å²) in [5.74, 6) is 0.479. The topological polar surface area (TPSA) is 79.0 Å². The number of carbonyl (C=O) groups excluding carboxylic acids is 1. The molecule has 0 aliphatic carbocycles. The summed E-state index contributed by atoms with van der Waals surface area (Å²) in [6.07, 6.45) is 0.957. The minimum Gasteiger partial charge on any atom is -0.494 e. The highest BCUT2D eigenvalue weighted by Gasteiger charge is 2.11. The van der Waals surface area contributed by atoms with Crippen LogP contribution in [0.3, 0.4) is 0 Å². The van der Waals surface area contributed by atoms with Crippen LogP contribution in [0, 0.1) is 0 Å². The minimum absolute atomic E-state index is 0.335. The smallest absolute Gasteiger partial charge is 0.287 e. The van der Waals surface area contributed by atoms with E-state index in [-0.39, 0.29) is 5.91 Å². The van der Waals surface area contributed by atoms with Crippen LogP contribution < -0.4 is 15.6 Å². The van der Waals surface area contributed by atoms with Crippen molar-refractivity contribution in [3.63, 3.8) is 0 Å². The van der Waals surface area contributed by atoms with E-state index in [0.29, 0.717) is 23.7 Å². The summed E-state index contributed by atoms with van der Waals surface area (Å²) >= 11 is 0. The van der Waals surface area contributed by atoms with Crippen LogP contribution in [0.15, 0.2) is 91.5 Å². The van der Waals surface area contributed by atoms with Gasteiger partial charge in [0.05, 0.1) is 18.0 Å². The maximum atomic E-state index is 12.5. The van der Waals surface area contributed by atoms with Gasteiger partial charge in [0.2, 0.25) is 0 Å². The summed E-state index contributed by atoms with van der Waals surface area (Å²) in [6, 6.07) is 27.5. The van der Waals surface area contributed by atoms with Crippen molar-refractivity contribution in [3.8, 4) is 28.1 Å². The Morgan fingerprint density at radius 3 is 2.27 bits per heavy atom. The van der Waals surface area contributed by atoms with E-state index in [1.54, 1.807) is 6.07 Å². The van der Waals surface area contributed by atoms with Crippen LogP contribution in [0.25, 0.3) is 28.1 Å². The van der Waals surface area contributed by atoms with E-state index in [0.717, 1.165) is 34.4 Å². The molecule has 6 heteroatoms. The van der Waals surface area contributed by atoms with Gasteiger partial charge in [-0.2, -0.15) is 5.10 Å². The molecule has 0 atom stereocenters. The molecule has 0 bridgehead atoms. The van der Waals surface area contributed by atoms with Crippen LogP contribution in [-0.2, 0) is 0 Å². The molecule has 1 aromatic heterocycles. The molecule has 0 unspecified atom stereocenters. The van der Waals surface area contributed by atoms with Crippen LogP contribution in [0.4, 0.5) is 0 Å². The van der Waals surface area contributed by atoms with Gasteiger partial charge in [-0.25, -0.2) is 0 Å². The SMILES string of the molecule is C=C(NNC(=O)c1cc(-c2ccc(OCCC)cc2)n[nH]1)c1ccc(-c2ccccc2)cc1. The minimum atomic E-state index is -0.335. The lowest BCUT2D eigenvalue weighted by molar-refractivity contribution is 0.0937. The quantitative estimate of drug-likeness (QED) is 0.304. The fraction of sp³-hybridized carbons (Fsp3) is 0.111. The van der Waals surface area contributed by atoms with Gasteiger partial charge in [-0.3, -0.25) is 20.7 Å². The number of nitrogens with one attached hydrogen (secondary N) is 3. The molecule has 1 heterocycles. The Morgan fingerprint density at radius 1 is 0.909 bits per heavy atom. The molecule has 0 aliphatic rings. The van der Waals surface area contributed by atoms with Crippen molar-refractivity contribution in [1.29, 1.82) is 0 Å². The van der Waals surface area contributed by atoms with Crippen molar-refractivity contribution < 1.29 is 9.53 Å². The molecule has 0 aliphatic heterocycles. The zero-order chi connectivity index (χ0) is 23.0. The lowest BCUT2D eigenvalue weighted by Gasteiger charge is -2.11. The first-order chi connectivity index (χ1) is 16.1. The van der Waals surface area contributed by atoms with Gasteiger partial charge in [-0.05, 0) is 53.4 Å². The molecule has 1 amide bonds. The number of ether oxygens (including phenoxy) is 1. The third kappa shape index (κ3) is 5.49. The van der Waals surface area contributed by atoms with E-state index in [1.807, 2.05) is 66.7 Å². The molecule has 0 saturated carbocycles. The predicted octanol–water partition coefficient (Wildman–Crippen LogP) is 5.44. The molecular formula is C27H26N4O2. The van der Waals surface area contributed by atoms with Gasteiger partial charge >= 0.3 is 0 Å². The van der Waals surface area contributed by atoms with Crippen molar-refractivity contribution >= 4 is 11.6 Å². The van der Waals surface area contributed by atoms with Crippen LogP contribution in [0.1, 0.15) is 29.4 Å². The molecule has 3 N–H and O–H groups in total. The van der Waals surface area contributed by atoms with E-state index in [9.17, 15) is 4.79 Å². The molecule has 0 spiro atoms. The third-order valence-corrected chi connectivity index (χ3v) is 5.11. The standard InChI is InChI=1S/C27H26N4O2/c1-3-17-33-24-15-13-23(14-16-24)25-18-26(30-29-25)27(32)31-28-19(2)20-9-11-22(12-10-20)21-7-5-4-6-8-21/h4-16,18,28H,2-3,17H2,1H3,(H,29,30)(H,31,32). The molecule has 0 radical (unpaired) electrons. The lowest BCUT2D eigenvalue weighted by atomic mass is 10.0. The molecule has 0 fully saturated rings. The monoisotopic (exact) mass is 438 g/mol. The normalized spacial score (nSPS) is 10.5. The molecule has 6 nitrogen and oxygen atoms in total. The fourth-order valence-electron chi connectivity index (χ4n) is 3.29. The Labute approximate surface area is 193 Å². The number of aromatic amines is 1. The highest BCUT2D eigenvalue weighted by Crippen LogP contribution is 2.22. The molecule has 166 valence electrons. The van der Waals surface area contributed by atoms with Crippen LogP contribution in [0.5, 0.6) is 5.75 Å². The van der Waals surface area contributed by atoms with Crippen LogP contribution >= 0.6 is 0 Å². The van der Waals surface area contributed by atoms with Crippen molar-refractivity contribution in [1.82, 2.24) is 21.0 Å². The fourth-order valence-corrected chi connectivity index (χ4v) is 3.29. The van der Waals surface area contributed by atoms with E-state index in [1.165, 1.54) is 0 Å².